The van der Waals surface area contributed by atoms with E-state index in [0.717, 1.165) is 15.6 Å². The van der Waals surface area contributed by atoms with E-state index in [9.17, 15) is 15.2 Å². The first-order chi connectivity index (χ1) is 19.2. The van der Waals surface area contributed by atoms with Crippen molar-refractivity contribution in [2.45, 2.75) is 38.3 Å². The zero-order valence-electron chi connectivity index (χ0n) is 22.1. The van der Waals surface area contributed by atoms with Gasteiger partial charge in [-0.1, -0.05) is 51.8 Å². The molecule has 206 valence electrons. The summed E-state index contributed by atoms with van der Waals surface area (Å²) in [6.07, 6.45) is -0.998. The lowest BCUT2D eigenvalue weighted by Gasteiger charge is -2.37. The molecule has 2 aliphatic heterocycles. The van der Waals surface area contributed by atoms with Gasteiger partial charge in [-0.25, -0.2) is 4.79 Å². The van der Waals surface area contributed by atoms with E-state index in [1.54, 1.807) is 28.0 Å². The van der Waals surface area contributed by atoms with Crippen LogP contribution in [0.1, 0.15) is 48.2 Å². The molecule has 1 fully saturated rings. The Morgan fingerprint density at radius 1 is 1.18 bits per heavy atom. The fourth-order valence-electron chi connectivity index (χ4n) is 5.07. The van der Waals surface area contributed by atoms with Crippen molar-refractivity contribution in [3.8, 4) is 11.8 Å². The van der Waals surface area contributed by atoms with E-state index < -0.39 is 18.3 Å². The molecule has 8 nitrogen and oxygen atoms in total. The molecular formula is C30H29BrClN5O3. The molecular weight excluding hydrogens is 594 g/mol. The fraction of sp³-hybridized carbons (Fsp3) is 0.300. The molecule has 0 aromatic heterocycles. The standard InChI is InChI=1S/C30H29BrClN5O3/c1-18(2)40-25-14-19(16-33)6-11-24(25)29-35-27(20-7-9-23(32)10-8-20)28(21-4-3-5-22(31)15-21)37(29)30(39)36-13-12-34-26(38)17-36/h3-11,14-15,18,26-28,34,38H,12-13,17H2,1-2H3. The lowest BCUT2D eigenvalue weighted by Crippen LogP contribution is -2.56. The second-order valence-electron chi connectivity index (χ2n) is 10.0. The Hall–Kier alpha value is -3.42. The van der Waals surface area contributed by atoms with Crippen LogP contribution in [0.15, 0.2) is 76.2 Å². The van der Waals surface area contributed by atoms with Crippen molar-refractivity contribution < 1.29 is 14.6 Å². The molecule has 0 radical (unpaired) electrons. The zero-order chi connectivity index (χ0) is 28.4. The number of aliphatic imine (C=N–C) groups is 1. The molecule has 3 aromatic carbocycles. The van der Waals surface area contributed by atoms with Crippen LogP contribution in [0, 0.1) is 11.3 Å². The molecule has 2 aliphatic rings. The summed E-state index contributed by atoms with van der Waals surface area (Å²) in [5, 5.41) is 23.5. The summed E-state index contributed by atoms with van der Waals surface area (Å²) < 4.78 is 7.02. The van der Waals surface area contributed by atoms with Crippen LogP contribution >= 0.6 is 27.5 Å². The molecule has 0 aliphatic carbocycles. The number of carbonyl (C=O) groups is 1. The SMILES string of the molecule is CC(C)Oc1cc(C#N)ccc1C1=NC(c2ccc(Cl)cc2)C(c2cccc(Br)c2)N1C(=O)N1CCNC(O)C1. The number of halogens is 2. The van der Waals surface area contributed by atoms with Crippen molar-refractivity contribution in [3.05, 3.63) is 98.5 Å². The quantitative estimate of drug-likeness (QED) is 0.383. The van der Waals surface area contributed by atoms with Crippen LogP contribution in [0.2, 0.25) is 5.02 Å². The second kappa shape index (κ2) is 12.0. The number of piperazine rings is 1. The van der Waals surface area contributed by atoms with Crippen molar-refractivity contribution in [3.63, 3.8) is 0 Å². The fourth-order valence-corrected chi connectivity index (χ4v) is 5.61. The lowest BCUT2D eigenvalue weighted by molar-refractivity contribution is 0.0603. The number of amidine groups is 1. The summed E-state index contributed by atoms with van der Waals surface area (Å²) in [5.41, 5.74) is 2.83. The smallest absolute Gasteiger partial charge is 0.326 e. The number of aliphatic hydroxyl groups is 1. The molecule has 40 heavy (non-hydrogen) atoms. The van der Waals surface area contributed by atoms with Gasteiger partial charge in [0.1, 0.15) is 23.9 Å². The number of nitrogens with zero attached hydrogens (tertiary/aromatic N) is 4. The van der Waals surface area contributed by atoms with Gasteiger partial charge in [0.25, 0.3) is 0 Å². The minimum Gasteiger partial charge on any atom is -0.490 e. The lowest BCUT2D eigenvalue weighted by atomic mass is 9.93. The van der Waals surface area contributed by atoms with Crippen LogP contribution in [0.4, 0.5) is 4.79 Å². The molecule has 10 heteroatoms. The minimum atomic E-state index is -0.827. The highest BCUT2D eigenvalue weighted by atomic mass is 79.9. The van der Waals surface area contributed by atoms with Gasteiger partial charge >= 0.3 is 6.03 Å². The Kier molecular flexibility index (Phi) is 8.43. The monoisotopic (exact) mass is 621 g/mol. The number of nitrogens with one attached hydrogen (secondary N) is 1. The molecule has 3 unspecified atom stereocenters. The molecule has 3 aromatic rings. The number of ether oxygens (including phenoxy) is 1. The number of benzene rings is 3. The molecule has 2 amide bonds. The Morgan fingerprint density at radius 2 is 1.95 bits per heavy atom. The molecule has 0 spiro atoms. The van der Waals surface area contributed by atoms with Gasteiger partial charge in [0.15, 0.2) is 0 Å². The maximum absolute atomic E-state index is 14.4. The van der Waals surface area contributed by atoms with Gasteiger partial charge in [-0.2, -0.15) is 5.26 Å². The summed E-state index contributed by atoms with van der Waals surface area (Å²) in [6, 6.07) is 21.4. The third-order valence-corrected chi connectivity index (χ3v) is 7.56. The normalized spacial score (nSPS) is 20.8. The topological polar surface area (TPSA) is 101 Å². The van der Waals surface area contributed by atoms with Gasteiger partial charge in [-0.05, 0) is 67.4 Å². The summed E-state index contributed by atoms with van der Waals surface area (Å²) in [5.74, 6) is 0.902. The van der Waals surface area contributed by atoms with E-state index in [0.29, 0.717) is 40.8 Å². The number of amides is 2. The Balaban J connectivity index is 1.72. The van der Waals surface area contributed by atoms with Gasteiger partial charge in [-0.3, -0.25) is 15.2 Å². The van der Waals surface area contributed by atoms with Crippen molar-refractivity contribution in [1.29, 1.82) is 5.26 Å². The van der Waals surface area contributed by atoms with Crippen LogP contribution in [0.3, 0.4) is 0 Å². The number of carbonyl (C=O) groups excluding carboxylic acids is 1. The van der Waals surface area contributed by atoms with Gasteiger partial charge < -0.3 is 14.7 Å². The molecule has 5 rings (SSSR count). The Bertz CT molecular complexity index is 1470. The van der Waals surface area contributed by atoms with E-state index in [-0.39, 0.29) is 18.7 Å². The number of hydrogen-bond acceptors (Lipinski definition) is 6. The van der Waals surface area contributed by atoms with E-state index in [1.807, 2.05) is 62.4 Å². The van der Waals surface area contributed by atoms with Crippen LogP contribution < -0.4 is 10.1 Å². The predicted octanol–water partition coefficient (Wildman–Crippen LogP) is 5.65. The predicted molar refractivity (Wildman–Crippen MR) is 157 cm³/mol. The maximum atomic E-state index is 14.4. The van der Waals surface area contributed by atoms with Gasteiger partial charge in [-0.15, -0.1) is 0 Å². The Labute approximate surface area is 247 Å². The highest BCUT2D eigenvalue weighted by Crippen LogP contribution is 2.45. The van der Waals surface area contributed by atoms with Crippen LogP contribution in [-0.2, 0) is 0 Å². The number of hydrogen-bond donors (Lipinski definition) is 2. The minimum absolute atomic E-state index is 0.141. The number of urea groups is 1. The zero-order valence-corrected chi connectivity index (χ0v) is 24.4. The average molecular weight is 623 g/mol. The molecule has 1 saturated heterocycles. The summed E-state index contributed by atoms with van der Waals surface area (Å²) >= 11 is 9.81. The number of nitriles is 1. The van der Waals surface area contributed by atoms with Gasteiger partial charge in [0.2, 0.25) is 0 Å². The van der Waals surface area contributed by atoms with Crippen molar-refractivity contribution >= 4 is 39.4 Å². The third-order valence-electron chi connectivity index (χ3n) is 6.81. The van der Waals surface area contributed by atoms with Gasteiger partial charge in [0.05, 0.1) is 35.9 Å². The van der Waals surface area contributed by atoms with Crippen LogP contribution in [-0.4, -0.2) is 58.7 Å². The maximum Gasteiger partial charge on any atom is 0.326 e. The van der Waals surface area contributed by atoms with Crippen LogP contribution in [0.25, 0.3) is 0 Å². The largest absolute Gasteiger partial charge is 0.490 e. The molecule has 2 heterocycles. The average Bonchev–Trinajstić information content (AvgIpc) is 3.33. The van der Waals surface area contributed by atoms with E-state index in [1.165, 1.54) is 0 Å². The number of rotatable bonds is 5. The molecule has 3 atom stereocenters. The third kappa shape index (κ3) is 5.86. The molecule has 0 saturated carbocycles. The van der Waals surface area contributed by atoms with E-state index in [2.05, 4.69) is 27.3 Å². The van der Waals surface area contributed by atoms with E-state index >= 15 is 0 Å². The first-order valence-corrected chi connectivity index (χ1v) is 14.2. The summed E-state index contributed by atoms with van der Waals surface area (Å²) in [7, 11) is 0. The summed E-state index contributed by atoms with van der Waals surface area (Å²) in [6.45, 7) is 4.85. The van der Waals surface area contributed by atoms with E-state index in [4.69, 9.17) is 21.3 Å². The highest BCUT2D eigenvalue weighted by Gasteiger charge is 2.45. The molecule has 0 bridgehead atoms. The first-order valence-electron chi connectivity index (χ1n) is 13.0. The number of β-amino-alcohol motifs (C(OH)–C–C–N with tert-alkyl or cyclic N) is 1. The highest BCUT2D eigenvalue weighted by molar-refractivity contribution is 9.10. The number of aliphatic hydroxyl groups excluding tert-OH is 1. The van der Waals surface area contributed by atoms with Gasteiger partial charge in [0, 0.05) is 22.6 Å². The van der Waals surface area contributed by atoms with Crippen molar-refractivity contribution in [1.82, 2.24) is 15.1 Å². The first kappa shape index (κ1) is 28.1. The molecule has 2 N–H and O–H groups in total. The van der Waals surface area contributed by atoms with Crippen LogP contribution in [0.5, 0.6) is 5.75 Å². The second-order valence-corrected chi connectivity index (χ2v) is 11.4. The summed E-state index contributed by atoms with van der Waals surface area (Å²) in [4.78, 5) is 22.9. The van der Waals surface area contributed by atoms with Crippen molar-refractivity contribution in [2.75, 3.05) is 19.6 Å². The Morgan fingerprint density at radius 3 is 2.62 bits per heavy atom. The van der Waals surface area contributed by atoms with Crippen molar-refractivity contribution in [2.24, 2.45) is 4.99 Å².